The summed E-state index contributed by atoms with van der Waals surface area (Å²) in [6.45, 7) is 4.90. The van der Waals surface area contributed by atoms with Crippen molar-refractivity contribution in [3.05, 3.63) is 46.0 Å². The van der Waals surface area contributed by atoms with Gasteiger partial charge in [0.05, 0.1) is 12.2 Å². The lowest BCUT2D eigenvalue weighted by atomic mass is 9.89. The molecule has 28 heavy (non-hydrogen) atoms. The van der Waals surface area contributed by atoms with Crippen LogP contribution in [-0.4, -0.2) is 38.1 Å². The minimum Gasteiger partial charge on any atom is -0.304 e. The number of nitrogens with zero attached hydrogens (tertiary/aromatic N) is 4. The van der Waals surface area contributed by atoms with Crippen LogP contribution in [0.4, 0.5) is 8.78 Å². The first-order valence-electron chi connectivity index (χ1n) is 9.87. The van der Waals surface area contributed by atoms with Gasteiger partial charge in [0.1, 0.15) is 17.5 Å². The van der Waals surface area contributed by atoms with Crippen molar-refractivity contribution in [2.45, 2.75) is 51.7 Å². The Morgan fingerprint density at radius 2 is 1.93 bits per heavy atom. The van der Waals surface area contributed by atoms with E-state index in [1.165, 1.54) is 12.8 Å². The van der Waals surface area contributed by atoms with Crippen molar-refractivity contribution in [2.24, 2.45) is 5.92 Å². The second-order valence-electron chi connectivity index (χ2n) is 7.68. The van der Waals surface area contributed by atoms with Crippen molar-refractivity contribution in [3.63, 3.8) is 0 Å². The molecule has 0 spiro atoms. The van der Waals surface area contributed by atoms with Gasteiger partial charge in [-0.15, -0.1) is 0 Å². The second-order valence-corrected chi connectivity index (χ2v) is 8.05. The van der Waals surface area contributed by atoms with E-state index < -0.39 is 11.6 Å². The lowest BCUT2D eigenvalue weighted by Crippen LogP contribution is -2.38. The first-order valence-corrected chi connectivity index (χ1v) is 10.3. The van der Waals surface area contributed by atoms with Crippen LogP contribution in [-0.2, 0) is 13.2 Å². The third-order valence-electron chi connectivity index (χ3n) is 5.70. The number of likely N-dealkylation sites (tertiary alicyclic amines) is 1. The van der Waals surface area contributed by atoms with Crippen molar-refractivity contribution in [2.75, 3.05) is 13.1 Å². The van der Waals surface area contributed by atoms with Gasteiger partial charge in [0.15, 0.2) is 10.6 Å². The maximum absolute atomic E-state index is 13.9. The van der Waals surface area contributed by atoms with E-state index in [0.717, 1.165) is 35.3 Å². The highest BCUT2D eigenvalue weighted by atomic mass is 32.1. The summed E-state index contributed by atoms with van der Waals surface area (Å²) in [5, 5.41) is 4.74. The van der Waals surface area contributed by atoms with Crippen LogP contribution in [0.1, 0.15) is 54.7 Å². The van der Waals surface area contributed by atoms with Gasteiger partial charge in [-0.3, -0.25) is 9.69 Å². The summed E-state index contributed by atoms with van der Waals surface area (Å²) in [4.78, 5) is 14.8. The number of benzene rings is 1. The predicted octanol–water partition coefficient (Wildman–Crippen LogP) is 4.14. The van der Waals surface area contributed by atoms with Gasteiger partial charge in [0, 0.05) is 31.5 Å². The molecule has 2 heterocycles. The van der Waals surface area contributed by atoms with Crippen molar-refractivity contribution < 1.29 is 13.6 Å². The van der Waals surface area contributed by atoms with Gasteiger partial charge < -0.3 is 4.57 Å². The van der Waals surface area contributed by atoms with Crippen LogP contribution >= 0.6 is 12.2 Å². The molecule has 0 bridgehead atoms. The molecule has 8 heteroatoms. The molecule has 1 saturated carbocycles. The molecule has 1 aromatic heterocycles. The monoisotopic (exact) mass is 406 g/mol. The number of piperidine rings is 1. The molecule has 2 aromatic rings. The lowest BCUT2D eigenvalue weighted by Gasteiger charge is -2.31. The minimum atomic E-state index is -0.655. The van der Waals surface area contributed by atoms with Gasteiger partial charge in [-0.2, -0.15) is 5.10 Å². The zero-order valence-corrected chi connectivity index (χ0v) is 16.7. The van der Waals surface area contributed by atoms with Crippen LogP contribution < -0.4 is 0 Å². The van der Waals surface area contributed by atoms with E-state index in [4.69, 9.17) is 17.3 Å². The van der Waals surface area contributed by atoms with E-state index in [9.17, 15) is 13.6 Å². The fourth-order valence-electron chi connectivity index (χ4n) is 3.92. The van der Waals surface area contributed by atoms with Crippen LogP contribution in [0, 0.1) is 22.3 Å². The van der Waals surface area contributed by atoms with Gasteiger partial charge in [-0.05, 0) is 63.0 Å². The fourth-order valence-corrected chi connectivity index (χ4v) is 4.24. The Morgan fingerprint density at radius 3 is 2.57 bits per heavy atom. The summed E-state index contributed by atoms with van der Waals surface area (Å²) in [6.07, 6.45) is 3.59. The normalized spacial score (nSPS) is 18.5. The average Bonchev–Trinajstić information content (AvgIpc) is 3.49. The van der Waals surface area contributed by atoms with Crippen molar-refractivity contribution in [1.29, 1.82) is 0 Å². The van der Waals surface area contributed by atoms with Gasteiger partial charge >= 0.3 is 0 Å². The molecule has 1 aliphatic carbocycles. The Labute approximate surface area is 168 Å². The highest BCUT2D eigenvalue weighted by molar-refractivity contribution is 7.71. The molecule has 1 aromatic carbocycles. The Kier molecular flexibility index (Phi) is 5.42. The number of hydrogen-bond acceptors (Lipinski definition) is 4. The van der Waals surface area contributed by atoms with Crippen molar-refractivity contribution >= 4 is 18.0 Å². The maximum atomic E-state index is 13.9. The second kappa shape index (κ2) is 7.83. The molecule has 0 amide bonds. The SMILES string of the molecule is CCn1c(C2CC2)nn(CN2CCC(C(=O)c3cc(F)ccc3F)CC2)c1=S. The molecule has 4 rings (SSSR count). The van der Waals surface area contributed by atoms with Crippen LogP contribution in [0.5, 0.6) is 0 Å². The lowest BCUT2D eigenvalue weighted by molar-refractivity contribution is 0.0798. The molecule has 2 fully saturated rings. The van der Waals surface area contributed by atoms with Gasteiger partial charge in [-0.25, -0.2) is 13.5 Å². The van der Waals surface area contributed by atoms with E-state index in [1.54, 1.807) is 0 Å². The van der Waals surface area contributed by atoms with Crippen LogP contribution in [0.2, 0.25) is 0 Å². The van der Waals surface area contributed by atoms with Gasteiger partial charge in [0.2, 0.25) is 0 Å². The van der Waals surface area contributed by atoms with E-state index in [-0.39, 0.29) is 17.3 Å². The number of Topliss-reactive ketones (excluding diaryl/α,β-unsaturated/α-hetero) is 1. The molecular formula is C20H24F2N4OS. The fraction of sp³-hybridized carbons (Fsp3) is 0.550. The molecular weight excluding hydrogens is 382 g/mol. The standard InChI is InChI=1S/C20H24F2N4OS/c1-2-25-19(14-3-4-14)23-26(20(25)28)12-24-9-7-13(8-10-24)18(27)16-11-15(21)5-6-17(16)22/h5-6,11,13-14H,2-4,7-10,12H2,1H3. The quantitative estimate of drug-likeness (QED) is 0.534. The summed E-state index contributed by atoms with van der Waals surface area (Å²) >= 11 is 5.59. The molecule has 0 unspecified atom stereocenters. The maximum Gasteiger partial charge on any atom is 0.199 e. The molecule has 1 saturated heterocycles. The number of ketones is 1. The minimum absolute atomic E-state index is 0.142. The first-order chi connectivity index (χ1) is 13.5. The highest BCUT2D eigenvalue weighted by Crippen LogP contribution is 2.39. The summed E-state index contributed by atoms with van der Waals surface area (Å²) in [5.74, 6) is -0.214. The first kappa shape index (κ1) is 19.4. The summed E-state index contributed by atoms with van der Waals surface area (Å²) in [5.41, 5.74) is -0.142. The smallest absolute Gasteiger partial charge is 0.199 e. The number of hydrogen-bond donors (Lipinski definition) is 0. The molecule has 5 nitrogen and oxygen atoms in total. The molecule has 1 aliphatic heterocycles. The van der Waals surface area contributed by atoms with E-state index in [1.807, 2.05) is 4.68 Å². The molecule has 2 aliphatic rings. The predicted molar refractivity (Wildman–Crippen MR) is 104 cm³/mol. The number of carbonyl (C=O) groups excluding carboxylic acids is 1. The van der Waals surface area contributed by atoms with E-state index in [0.29, 0.717) is 38.5 Å². The third kappa shape index (κ3) is 3.80. The van der Waals surface area contributed by atoms with Crippen LogP contribution in [0.25, 0.3) is 0 Å². The Balaban J connectivity index is 1.40. The van der Waals surface area contributed by atoms with Crippen molar-refractivity contribution in [1.82, 2.24) is 19.2 Å². The molecule has 0 atom stereocenters. The Hall–Kier alpha value is -1.93. The van der Waals surface area contributed by atoms with E-state index in [2.05, 4.69) is 16.4 Å². The number of halogens is 2. The molecule has 150 valence electrons. The molecule has 0 radical (unpaired) electrons. The highest BCUT2D eigenvalue weighted by Gasteiger charge is 2.31. The summed E-state index contributed by atoms with van der Waals surface area (Å²) in [6, 6.07) is 3.05. The van der Waals surface area contributed by atoms with Gasteiger partial charge in [-0.1, -0.05) is 0 Å². The number of rotatable bonds is 6. The zero-order chi connectivity index (χ0) is 19.8. The summed E-state index contributed by atoms with van der Waals surface area (Å²) in [7, 11) is 0. The average molecular weight is 407 g/mol. The topological polar surface area (TPSA) is 43.1 Å². The number of carbonyl (C=O) groups is 1. The third-order valence-corrected chi connectivity index (χ3v) is 6.13. The van der Waals surface area contributed by atoms with Crippen LogP contribution in [0.15, 0.2) is 18.2 Å². The number of aromatic nitrogens is 3. The van der Waals surface area contributed by atoms with Crippen LogP contribution in [0.3, 0.4) is 0 Å². The Morgan fingerprint density at radius 1 is 1.21 bits per heavy atom. The van der Waals surface area contributed by atoms with Crippen molar-refractivity contribution in [3.8, 4) is 0 Å². The largest absolute Gasteiger partial charge is 0.304 e. The Bertz CT molecular complexity index is 942. The molecule has 0 N–H and O–H groups in total. The van der Waals surface area contributed by atoms with Gasteiger partial charge in [0.25, 0.3) is 0 Å². The van der Waals surface area contributed by atoms with E-state index >= 15 is 0 Å². The zero-order valence-electron chi connectivity index (χ0n) is 15.9. The summed E-state index contributed by atoms with van der Waals surface area (Å²) < 4.78 is 32.0.